The Morgan fingerprint density at radius 3 is 2.09 bits per heavy atom. The van der Waals surface area contributed by atoms with Crippen molar-refractivity contribution in [2.75, 3.05) is 0 Å². The normalized spacial score (nSPS) is 18.2. The van der Waals surface area contributed by atoms with Crippen molar-refractivity contribution in [1.29, 1.82) is 0 Å². The Morgan fingerprint density at radius 2 is 1.30 bits per heavy atom. The third-order valence-corrected chi connectivity index (χ3v) is 11.7. The van der Waals surface area contributed by atoms with E-state index >= 15 is 0 Å². The van der Waals surface area contributed by atoms with E-state index in [9.17, 15) is 0 Å². The molecule has 0 fully saturated rings. The lowest BCUT2D eigenvalue weighted by Gasteiger charge is -2.15. The van der Waals surface area contributed by atoms with E-state index in [-0.39, 0.29) is 0 Å². The molecule has 0 amide bonds. The summed E-state index contributed by atoms with van der Waals surface area (Å²) < 4.78 is 2.69. The van der Waals surface area contributed by atoms with Gasteiger partial charge in [0.25, 0.3) is 0 Å². The Labute approximate surface area is 266 Å². The summed E-state index contributed by atoms with van der Waals surface area (Å²) in [5.41, 5.74) is 8.31. The summed E-state index contributed by atoms with van der Waals surface area (Å²) in [4.78, 5) is 1.49. The van der Waals surface area contributed by atoms with Crippen molar-refractivity contribution < 1.29 is 0 Å². The van der Waals surface area contributed by atoms with E-state index in [2.05, 4.69) is 151 Å². The van der Waals surface area contributed by atoms with Crippen LogP contribution in [-0.4, -0.2) is 5.25 Å². The predicted molar refractivity (Wildman–Crippen MR) is 196 cm³/mol. The van der Waals surface area contributed by atoms with Gasteiger partial charge >= 0.3 is 0 Å². The van der Waals surface area contributed by atoms with Crippen molar-refractivity contribution in [1.82, 2.24) is 0 Å². The lowest BCUT2D eigenvalue weighted by molar-refractivity contribution is 0.904. The number of hydrogen-bond acceptors (Lipinski definition) is 2. The standard InChI is InChI=1S/C42H30S2/c1-3-7-39-35(5-1)37-21-15-29(25-41(37)43-39)11-9-27-13-19-33-31(23-27)17-18-32-24-28(14-20-34(32)33)10-12-30-16-22-38-36-6-2-4-8-40(36)44-42(38)26-30/h1-7,9-15,17-21,23-26,40H,8,16,22H2/b11-9+,12-10+. The molecule has 1 atom stereocenters. The van der Waals surface area contributed by atoms with Crippen molar-refractivity contribution in [3.8, 4) is 0 Å². The Kier molecular flexibility index (Phi) is 6.32. The number of allylic oxidation sites excluding steroid dienone is 7. The van der Waals surface area contributed by atoms with Crippen LogP contribution in [0.15, 0.2) is 143 Å². The first kappa shape index (κ1) is 26.1. The minimum absolute atomic E-state index is 0.634. The summed E-state index contributed by atoms with van der Waals surface area (Å²) in [5, 5.41) is 8.51. The van der Waals surface area contributed by atoms with Gasteiger partial charge < -0.3 is 0 Å². The second-order valence-corrected chi connectivity index (χ2v) is 14.3. The fourth-order valence-corrected chi connectivity index (χ4v) is 9.57. The smallest absolute Gasteiger partial charge is 0.0382 e. The summed E-state index contributed by atoms with van der Waals surface area (Å²) in [6.45, 7) is 0. The summed E-state index contributed by atoms with van der Waals surface area (Å²) in [5.74, 6) is 0. The van der Waals surface area contributed by atoms with Gasteiger partial charge in [-0.25, -0.2) is 0 Å². The molecule has 0 N–H and O–H groups in total. The van der Waals surface area contributed by atoms with Gasteiger partial charge in [0.15, 0.2) is 0 Å². The largest absolute Gasteiger partial charge is 0.135 e. The molecule has 5 aromatic carbocycles. The Hall–Kier alpha value is -4.37. The summed E-state index contributed by atoms with van der Waals surface area (Å²) in [6.07, 6.45) is 21.8. The van der Waals surface area contributed by atoms with E-state index in [1.807, 2.05) is 11.3 Å². The van der Waals surface area contributed by atoms with Crippen LogP contribution in [0.1, 0.15) is 36.0 Å². The molecule has 44 heavy (non-hydrogen) atoms. The second-order valence-electron chi connectivity index (χ2n) is 12.0. The Bertz CT molecular complexity index is 2330. The lowest BCUT2D eigenvalue weighted by Crippen LogP contribution is -2.04. The minimum atomic E-state index is 0.634. The van der Waals surface area contributed by atoms with Gasteiger partial charge in [-0.05, 0) is 105 Å². The number of rotatable bonds is 4. The van der Waals surface area contributed by atoms with Crippen LogP contribution in [0.5, 0.6) is 0 Å². The van der Waals surface area contributed by atoms with Gasteiger partial charge in [0.1, 0.15) is 0 Å². The molecule has 0 saturated heterocycles. The number of benzene rings is 5. The third-order valence-electron chi connectivity index (χ3n) is 9.25. The van der Waals surface area contributed by atoms with Crippen LogP contribution >= 0.6 is 23.1 Å². The molecule has 2 aliphatic carbocycles. The Morgan fingerprint density at radius 1 is 0.614 bits per heavy atom. The summed E-state index contributed by atoms with van der Waals surface area (Å²) >= 11 is 3.93. The van der Waals surface area contributed by atoms with Crippen molar-refractivity contribution >= 4 is 83.0 Å². The zero-order valence-corrected chi connectivity index (χ0v) is 25.9. The molecular weight excluding hydrogens is 569 g/mol. The monoisotopic (exact) mass is 598 g/mol. The first-order chi connectivity index (χ1) is 21.7. The van der Waals surface area contributed by atoms with Crippen molar-refractivity contribution in [2.24, 2.45) is 0 Å². The quantitative estimate of drug-likeness (QED) is 0.144. The van der Waals surface area contributed by atoms with E-state index in [0.717, 1.165) is 19.3 Å². The molecule has 0 bridgehead atoms. The van der Waals surface area contributed by atoms with Crippen molar-refractivity contribution in [3.63, 3.8) is 0 Å². The molecule has 2 heteroatoms. The molecule has 1 unspecified atom stereocenters. The minimum Gasteiger partial charge on any atom is -0.135 e. The molecule has 2 heterocycles. The van der Waals surface area contributed by atoms with Crippen LogP contribution in [0.25, 0.3) is 59.9 Å². The van der Waals surface area contributed by atoms with Gasteiger partial charge in [0.05, 0.1) is 0 Å². The highest BCUT2D eigenvalue weighted by Gasteiger charge is 2.30. The van der Waals surface area contributed by atoms with Crippen LogP contribution in [-0.2, 0) is 0 Å². The van der Waals surface area contributed by atoms with Crippen LogP contribution in [0.2, 0.25) is 0 Å². The molecule has 6 aromatic rings. The van der Waals surface area contributed by atoms with E-state index in [4.69, 9.17) is 0 Å². The number of thiophene rings is 1. The number of thioether (sulfide) groups is 1. The highest BCUT2D eigenvalue weighted by molar-refractivity contribution is 8.04. The summed E-state index contributed by atoms with van der Waals surface area (Å²) in [6, 6.07) is 33.7. The first-order valence-corrected chi connectivity index (χ1v) is 17.2. The topological polar surface area (TPSA) is 0 Å². The SMILES string of the molecule is C1=CCC2SC3=C(CCC(/C=C/c4ccc5c(ccc6cc(/C=C/c7ccc8c(c7)sc7ccccc78)ccc65)c4)=C3)C2=C1. The molecule has 0 radical (unpaired) electrons. The highest BCUT2D eigenvalue weighted by atomic mass is 32.2. The molecule has 0 spiro atoms. The van der Waals surface area contributed by atoms with Gasteiger partial charge in [-0.2, -0.15) is 0 Å². The van der Waals surface area contributed by atoms with Crippen molar-refractivity contribution in [3.05, 3.63) is 160 Å². The number of fused-ring (bicyclic) bond motifs is 8. The molecule has 3 aliphatic rings. The van der Waals surface area contributed by atoms with Crippen molar-refractivity contribution in [2.45, 2.75) is 24.5 Å². The number of hydrogen-bond donors (Lipinski definition) is 0. The van der Waals surface area contributed by atoms with Gasteiger partial charge in [0, 0.05) is 30.3 Å². The van der Waals surface area contributed by atoms with Gasteiger partial charge in [0.2, 0.25) is 0 Å². The van der Waals surface area contributed by atoms with Crippen LogP contribution in [0, 0.1) is 0 Å². The van der Waals surface area contributed by atoms with Gasteiger partial charge in [-0.3, -0.25) is 0 Å². The lowest BCUT2D eigenvalue weighted by atomic mass is 9.89. The average molecular weight is 599 g/mol. The molecule has 1 aromatic heterocycles. The van der Waals surface area contributed by atoms with Gasteiger partial charge in [-0.1, -0.05) is 109 Å². The fourth-order valence-electron chi connectivity index (χ4n) is 6.97. The average Bonchev–Trinajstić information content (AvgIpc) is 3.63. The van der Waals surface area contributed by atoms with E-state index in [1.165, 1.54) is 68.9 Å². The highest BCUT2D eigenvalue weighted by Crippen LogP contribution is 2.49. The van der Waals surface area contributed by atoms with E-state index < -0.39 is 0 Å². The molecule has 0 saturated carbocycles. The van der Waals surface area contributed by atoms with E-state index in [1.54, 1.807) is 11.1 Å². The second kappa shape index (κ2) is 10.7. The maximum Gasteiger partial charge on any atom is 0.0382 e. The Balaban J connectivity index is 0.954. The zero-order valence-electron chi connectivity index (χ0n) is 24.3. The van der Waals surface area contributed by atoms with E-state index in [0.29, 0.717) is 5.25 Å². The first-order valence-electron chi connectivity index (χ1n) is 15.5. The fraction of sp³-hybridized carbons (Fsp3) is 0.0952. The maximum atomic E-state index is 2.43. The van der Waals surface area contributed by atoms with Crippen LogP contribution < -0.4 is 0 Å². The molecular formula is C42H30S2. The molecule has 9 rings (SSSR count). The van der Waals surface area contributed by atoms with Crippen LogP contribution in [0.4, 0.5) is 0 Å². The molecule has 210 valence electrons. The third kappa shape index (κ3) is 4.61. The van der Waals surface area contributed by atoms with Crippen LogP contribution in [0.3, 0.4) is 0 Å². The zero-order chi connectivity index (χ0) is 29.0. The molecule has 0 nitrogen and oxygen atoms in total. The maximum absolute atomic E-state index is 2.43. The van der Waals surface area contributed by atoms with Gasteiger partial charge in [-0.15, -0.1) is 23.1 Å². The molecule has 1 aliphatic heterocycles. The summed E-state index contributed by atoms with van der Waals surface area (Å²) in [7, 11) is 0. The predicted octanol–water partition coefficient (Wildman–Crippen LogP) is 12.5.